The number of nitrogens with zero attached hydrogens (tertiary/aromatic N) is 3. The van der Waals surface area contributed by atoms with Gasteiger partial charge in [-0.1, -0.05) is 11.3 Å². The summed E-state index contributed by atoms with van der Waals surface area (Å²) in [5.74, 6) is -2.73. The molecule has 1 aromatic heterocycles. The van der Waals surface area contributed by atoms with E-state index in [1.807, 2.05) is 0 Å². The van der Waals surface area contributed by atoms with Gasteiger partial charge in [-0.3, -0.25) is 4.79 Å². The lowest BCUT2D eigenvalue weighted by atomic mass is 10.6. The van der Waals surface area contributed by atoms with Crippen LogP contribution in [0.1, 0.15) is 0 Å². The summed E-state index contributed by atoms with van der Waals surface area (Å²) < 4.78 is 24.1. The summed E-state index contributed by atoms with van der Waals surface area (Å²) in [6, 6.07) is 0. The molecule has 0 saturated heterocycles. The highest BCUT2D eigenvalue weighted by Gasteiger charge is 2.26. The first kappa shape index (κ1) is 12.2. The first-order valence-corrected chi connectivity index (χ1v) is 5.78. The molecule has 0 fully saturated rings. The fraction of sp³-hybridized carbons (Fsp3) is 0.286. The maximum Gasteiger partial charge on any atom is 0.319 e. The monoisotopic (exact) mass is 246 g/mol. The third kappa shape index (κ3) is 2.37. The average molecular weight is 246 g/mol. The van der Waals surface area contributed by atoms with Crippen LogP contribution >= 0.6 is 0 Å². The van der Waals surface area contributed by atoms with Gasteiger partial charge in [0.05, 0.1) is 6.54 Å². The zero-order valence-electron chi connectivity index (χ0n) is 8.20. The van der Waals surface area contributed by atoms with Crippen molar-refractivity contribution < 1.29 is 18.3 Å². The van der Waals surface area contributed by atoms with Crippen LogP contribution in [0.2, 0.25) is 0 Å². The van der Waals surface area contributed by atoms with E-state index in [4.69, 9.17) is 10.8 Å². The number of nitrogens with two attached hydrogens (primary N) is 1. The summed E-state index contributed by atoms with van der Waals surface area (Å²) in [5.41, 5.74) is 5.47. The number of aromatic nitrogens is 3. The van der Waals surface area contributed by atoms with E-state index in [0.717, 1.165) is 4.68 Å². The van der Waals surface area contributed by atoms with Crippen LogP contribution in [0, 0.1) is 0 Å². The van der Waals surface area contributed by atoms with Crippen molar-refractivity contribution in [1.82, 2.24) is 15.0 Å². The lowest BCUT2D eigenvalue weighted by Crippen LogP contribution is -2.17. The second kappa shape index (κ2) is 4.31. The summed E-state index contributed by atoms with van der Waals surface area (Å²) in [6.07, 6.45) is 1.46. The Bertz CT molecular complexity index is 518. The third-order valence-electron chi connectivity index (χ3n) is 1.65. The van der Waals surface area contributed by atoms with Gasteiger partial charge in [-0.2, -0.15) is 0 Å². The molecule has 0 saturated carbocycles. The fourth-order valence-corrected chi connectivity index (χ4v) is 2.06. The van der Waals surface area contributed by atoms with Crippen molar-refractivity contribution in [2.24, 2.45) is 0 Å². The molecule has 0 unspecified atom stereocenters. The van der Waals surface area contributed by atoms with Crippen LogP contribution in [0.3, 0.4) is 0 Å². The lowest BCUT2D eigenvalue weighted by molar-refractivity contribution is -0.134. The minimum atomic E-state index is -4.04. The number of carboxylic acids is 1. The largest absolute Gasteiger partial charge is 0.480 e. The first-order chi connectivity index (χ1) is 7.38. The van der Waals surface area contributed by atoms with Gasteiger partial charge in [0.1, 0.15) is 0 Å². The number of sulfone groups is 1. The molecule has 0 aliphatic carbocycles. The van der Waals surface area contributed by atoms with Gasteiger partial charge in [-0.15, -0.1) is 11.7 Å². The number of hydrogen-bond acceptors (Lipinski definition) is 6. The van der Waals surface area contributed by atoms with Crippen LogP contribution in [-0.4, -0.2) is 40.2 Å². The molecule has 0 aliphatic rings. The number of hydrogen-bond donors (Lipinski definition) is 2. The van der Waals surface area contributed by atoms with E-state index in [-0.39, 0.29) is 12.4 Å². The predicted molar refractivity (Wildman–Crippen MR) is 54.3 cm³/mol. The Hall–Kier alpha value is -1.90. The molecule has 9 heteroatoms. The molecular formula is C7H10N4O4S. The van der Waals surface area contributed by atoms with Gasteiger partial charge < -0.3 is 10.8 Å². The summed E-state index contributed by atoms with van der Waals surface area (Å²) in [4.78, 5) is 10.3. The zero-order valence-corrected chi connectivity index (χ0v) is 9.01. The molecule has 88 valence electrons. The van der Waals surface area contributed by atoms with E-state index in [1.165, 1.54) is 6.08 Å². The molecule has 1 heterocycles. The Morgan fingerprint density at radius 2 is 2.25 bits per heavy atom. The highest BCUT2D eigenvalue weighted by atomic mass is 32.2. The van der Waals surface area contributed by atoms with E-state index in [9.17, 15) is 13.2 Å². The number of aliphatic carboxylic acids is 1. The average Bonchev–Trinajstić information content (AvgIpc) is 2.47. The summed E-state index contributed by atoms with van der Waals surface area (Å²) in [6.45, 7) is 3.63. The van der Waals surface area contributed by atoms with Crippen LogP contribution in [0.15, 0.2) is 17.7 Å². The fourth-order valence-electron chi connectivity index (χ4n) is 1.01. The molecule has 16 heavy (non-hydrogen) atoms. The number of nitrogen functional groups attached to an aromatic ring is 1. The summed E-state index contributed by atoms with van der Waals surface area (Å²) >= 11 is 0. The maximum absolute atomic E-state index is 11.5. The Kier molecular flexibility index (Phi) is 3.28. The molecule has 3 N–H and O–H groups in total. The van der Waals surface area contributed by atoms with Crippen molar-refractivity contribution in [1.29, 1.82) is 0 Å². The Morgan fingerprint density at radius 1 is 1.62 bits per heavy atom. The van der Waals surface area contributed by atoms with E-state index in [1.54, 1.807) is 0 Å². The van der Waals surface area contributed by atoms with Crippen LogP contribution in [0.5, 0.6) is 0 Å². The number of carboxylic acid groups (broad SMARTS) is 1. The second-order valence-corrected chi connectivity index (χ2v) is 4.81. The number of allylic oxidation sites excluding steroid dienone is 1. The van der Waals surface area contributed by atoms with Crippen LogP contribution in [0.4, 0.5) is 5.82 Å². The van der Waals surface area contributed by atoms with Crippen molar-refractivity contribution in [2.45, 2.75) is 11.6 Å². The molecule has 1 rings (SSSR count). The van der Waals surface area contributed by atoms with Crippen molar-refractivity contribution in [2.75, 3.05) is 11.5 Å². The standard InChI is InChI=1S/C7H10N4O4S/c1-2-3-11-6(8)7(9-10-11)16(14,15)4-5(12)13/h2H,1,3-4,8H2,(H,12,13). The first-order valence-electron chi connectivity index (χ1n) is 4.13. The summed E-state index contributed by atoms with van der Waals surface area (Å²) in [5, 5.41) is 14.7. The van der Waals surface area contributed by atoms with Gasteiger partial charge in [0.15, 0.2) is 11.6 Å². The van der Waals surface area contributed by atoms with Crippen LogP contribution in [0.25, 0.3) is 0 Å². The number of carbonyl (C=O) groups is 1. The third-order valence-corrected chi connectivity index (χ3v) is 3.16. The van der Waals surface area contributed by atoms with E-state index < -0.39 is 26.6 Å². The van der Waals surface area contributed by atoms with Crippen molar-refractivity contribution >= 4 is 21.6 Å². The van der Waals surface area contributed by atoms with E-state index >= 15 is 0 Å². The Morgan fingerprint density at radius 3 is 2.75 bits per heavy atom. The number of rotatable bonds is 5. The van der Waals surface area contributed by atoms with Gasteiger partial charge in [-0.25, -0.2) is 13.1 Å². The minimum absolute atomic E-state index is 0.193. The molecular weight excluding hydrogens is 236 g/mol. The van der Waals surface area contributed by atoms with Gasteiger partial charge in [0, 0.05) is 0 Å². The summed E-state index contributed by atoms with van der Waals surface area (Å²) in [7, 11) is -4.04. The predicted octanol–water partition coefficient (Wildman–Crippen LogP) is -1.10. The maximum atomic E-state index is 11.5. The molecule has 8 nitrogen and oxygen atoms in total. The molecule has 1 aromatic rings. The normalized spacial score (nSPS) is 11.2. The molecule has 0 aromatic carbocycles. The van der Waals surface area contributed by atoms with E-state index in [2.05, 4.69) is 16.9 Å². The van der Waals surface area contributed by atoms with Crippen molar-refractivity contribution in [3.05, 3.63) is 12.7 Å². The Balaban J connectivity index is 3.14. The Labute approximate surface area is 91.3 Å². The van der Waals surface area contributed by atoms with Crippen LogP contribution < -0.4 is 5.73 Å². The number of anilines is 1. The zero-order chi connectivity index (χ0) is 12.3. The highest BCUT2D eigenvalue weighted by molar-refractivity contribution is 7.92. The van der Waals surface area contributed by atoms with Crippen LogP contribution in [-0.2, 0) is 21.2 Å². The SMILES string of the molecule is C=CCn1nnc(S(=O)(=O)CC(=O)O)c1N. The molecule has 0 amide bonds. The van der Waals surface area contributed by atoms with Gasteiger partial charge in [0.25, 0.3) is 0 Å². The van der Waals surface area contributed by atoms with Gasteiger partial charge >= 0.3 is 5.97 Å². The second-order valence-electron chi connectivity index (χ2n) is 2.90. The minimum Gasteiger partial charge on any atom is -0.480 e. The van der Waals surface area contributed by atoms with Gasteiger partial charge in [-0.05, 0) is 0 Å². The smallest absolute Gasteiger partial charge is 0.319 e. The highest BCUT2D eigenvalue weighted by Crippen LogP contribution is 2.15. The molecule has 0 spiro atoms. The topological polar surface area (TPSA) is 128 Å². The molecule has 0 aliphatic heterocycles. The quantitative estimate of drug-likeness (QED) is 0.631. The molecule has 0 atom stereocenters. The van der Waals surface area contributed by atoms with Gasteiger partial charge in [0.2, 0.25) is 14.9 Å². The molecule has 0 bridgehead atoms. The van der Waals surface area contributed by atoms with Crippen molar-refractivity contribution in [3.8, 4) is 0 Å². The lowest BCUT2D eigenvalue weighted by Gasteiger charge is -1.99. The van der Waals surface area contributed by atoms with Crippen molar-refractivity contribution in [3.63, 3.8) is 0 Å². The molecule has 0 radical (unpaired) electrons. The van der Waals surface area contributed by atoms with E-state index in [0.29, 0.717) is 0 Å².